The fourth-order valence-electron chi connectivity index (χ4n) is 1.38. The Hall–Kier alpha value is 0.360. The van der Waals surface area contributed by atoms with Crippen molar-refractivity contribution >= 4 is 24.8 Å². The van der Waals surface area contributed by atoms with Gasteiger partial charge in [-0.2, -0.15) is 0 Å². The number of halogens is 4. The molecule has 1 atom stereocenters. The lowest BCUT2D eigenvalue weighted by Gasteiger charge is -2.21. The van der Waals surface area contributed by atoms with Crippen molar-refractivity contribution in [2.45, 2.75) is 18.5 Å². The van der Waals surface area contributed by atoms with Gasteiger partial charge >= 0.3 is 0 Å². The third-order valence-electron chi connectivity index (χ3n) is 2.13. The summed E-state index contributed by atoms with van der Waals surface area (Å²) in [5, 5.41) is 0. The van der Waals surface area contributed by atoms with E-state index >= 15 is 0 Å². The highest BCUT2D eigenvalue weighted by Crippen LogP contribution is 2.11. The van der Waals surface area contributed by atoms with Crippen molar-refractivity contribution in [2.24, 2.45) is 5.73 Å². The molecule has 82 valence electrons. The zero-order chi connectivity index (χ0) is 8.27. The quantitative estimate of drug-likeness (QED) is 0.798. The van der Waals surface area contributed by atoms with E-state index in [1.807, 2.05) is 0 Å². The van der Waals surface area contributed by atoms with Crippen LogP contribution in [0, 0.1) is 0 Å². The third kappa shape index (κ3) is 4.40. The number of likely N-dealkylation sites (tertiary alicyclic amines) is 1. The molecule has 0 aromatic heterocycles. The van der Waals surface area contributed by atoms with Crippen LogP contribution >= 0.6 is 24.8 Å². The number of alkyl halides is 2. The summed E-state index contributed by atoms with van der Waals surface area (Å²) in [6, 6.07) is -0.445. The van der Waals surface area contributed by atoms with Crippen molar-refractivity contribution in [1.29, 1.82) is 0 Å². The minimum atomic E-state index is -0.608. The maximum Gasteiger partial charge on any atom is 0.107 e. The van der Waals surface area contributed by atoms with E-state index in [1.54, 1.807) is 4.90 Å². The van der Waals surface area contributed by atoms with Gasteiger partial charge < -0.3 is 5.73 Å². The number of rotatable bonds is 3. The minimum absolute atomic E-state index is 0. The van der Waals surface area contributed by atoms with Crippen LogP contribution in [-0.4, -0.2) is 43.4 Å². The topological polar surface area (TPSA) is 29.3 Å². The van der Waals surface area contributed by atoms with E-state index in [-0.39, 0.29) is 30.9 Å². The zero-order valence-electron chi connectivity index (χ0n) is 7.29. The molecular formula is C7H16Cl2F2N2. The first-order valence-electron chi connectivity index (χ1n) is 3.89. The molecule has 0 bridgehead atoms. The lowest BCUT2D eigenvalue weighted by atomic mass is 10.3. The molecule has 0 unspecified atom stereocenters. The Labute approximate surface area is 89.7 Å². The fraction of sp³-hybridized carbons (Fsp3) is 1.00. The first-order chi connectivity index (χ1) is 5.27. The molecule has 6 heteroatoms. The molecule has 1 aliphatic heterocycles. The van der Waals surface area contributed by atoms with Crippen LogP contribution in [0.3, 0.4) is 0 Å². The molecule has 1 fully saturated rings. The Bertz CT molecular complexity index is 125. The molecule has 0 spiro atoms. The maximum absolute atomic E-state index is 12.1. The average Bonchev–Trinajstić information content (AvgIpc) is 2.39. The molecule has 1 rings (SSSR count). The first-order valence-corrected chi connectivity index (χ1v) is 3.89. The van der Waals surface area contributed by atoms with Crippen LogP contribution in [0.1, 0.15) is 6.42 Å². The predicted octanol–water partition coefficient (Wildman–Crippen LogP) is 1.17. The minimum Gasteiger partial charge on any atom is -0.326 e. The summed E-state index contributed by atoms with van der Waals surface area (Å²) in [5.41, 5.74) is 5.59. The Balaban J connectivity index is 0. The number of hydrogen-bond acceptors (Lipinski definition) is 2. The van der Waals surface area contributed by atoms with Gasteiger partial charge in [0.2, 0.25) is 0 Å². The van der Waals surface area contributed by atoms with Crippen molar-refractivity contribution in [2.75, 3.05) is 26.4 Å². The maximum atomic E-state index is 12.1. The molecular weight excluding hydrogens is 221 g/mol. The molecule has 1 aliphatic rings. The average molecular weight is 237 g/mol. The van der Waals surface area contributed by atoms with Crippen molar-refractivity contribution in [3.8, 4) is 0 Å². The highest BCUT2D eigenvalue weighted by molar-refractivity contribution is 5.85. The monoisotopic (exact) mass is 236 g/mol. The number of hydrogen-bond donors (Lipinski definition) is 1. The van der Waals surface area contributed by atoms with Gasteiger partial charge in [-0.1, -0.05) is 0 Å². The van der Waals surface area contributed by atoms with Crippen LogP contribution in [0.2, 0.25) is 0 Å². The van der Waals surface area contributed by atoms with Gasteiger partial charge in [0.1, 0.15) is 13.3 Å². The van der Waals surface area contributed by atoms with Gasteiger partial charge in [-0.05, 0) is 6.42 Å². The van der Waals surface area contributed by atoms with E-state index in [4.69, 9.17) is 5.73 Å². The van der Waals surface area contributed by atoms with E-state index in [0.717, 1.165) is 13.0 Å². The van der Waals surface area contributed by atoms with E-state index in [1.165, 1.54) is 0 Å². The van der Waals surface area contributed by atoms with Gasteiger partial charge in [0.05, 0.1) is 6.04 Å². The highest BCUT2D eigenvalue weighted by Gasteiger charge is 2.25. The van der Waals surface area contributed by atoms with E-state index in [2.05, 4.69) is 0 Å². The van der Waals surface area contributed by atoms with Gasteiger partial charge in [0.15, 0.2) is 0 Å². The van der Waals surface area contributed by atoms with Gasteiger partial charge in [-0.15, -0.1) is 24.8 Å². The summed E-state index contributed by atoms with van der Waals surface area (Å²) in [5.74, 6) is 0. The molecule has 0 aromatic carbocycles. The number of nitrogens with zero attached hydrogens (tertiary/aromatic N) is 1. The van der Waals surface area contributed by atoms with Gasteiger partial charge in [-0.25, -0.2) is 8.78 Å². The standard InChI is InChI=1S/C7H14F2N2.2ClH/c8-3-7(4-9)11-2-1-6(10)5-11;;/h6-7H,1-5,10H2;2*1H/t6-;;/m1../s1. The molecule has 2 nitrogen and oxygen atoms in total. The van der Waals surface area contributed by atoms with Crippen molar-refractivity contribution < 1.29 is 8.78 Å². The Kier molecular flexibility index (Phi) is 9.41. The lowest BCUT2D eigenvalue weighted by molar-refractivity contribution is 0.166. The molecule has 0 radical (unpaired) electrons. The summed E-state index contributed by atoms with van der Waals surface area (Å²) < 4.78 is 24.2. The van der Waals surface area contributed by atoms with Crippen molar-refractivity contribution in [3.63, 3.8) is 0 Å². The molecule has 0 aliphatic carbocycles. The van der Waals surface area contributed by atoms with Crippen molar-refractivity contribution in [3.05, 3.63) is 0 Å². The lowest BCUT2D eigenvalue weighted by Crippen LogP contribution is -2.38. The third-order valence-corrected chi connectivity index (χ3v) is 2.13. The van der Waals surface area contributed by atoms with Crippen LogP contribution in [0.15, 0.2) is 0 Å². The molecule has 0 aromatic rings. The fourth-order valence-corrected chi connectivity index (χ4v) is 1.38. The summed E-state index contributed by atoms with van der Waals surface area (Å²) in [6.45, 7) is 0.157. The predicted molar refractivity (Wildman–Crippen MR) is 54.4 cm³/mol. The van der Waals surface area contributed by atoms with Gasteiger partial charge in [0.25, 0.3) is 0 Å². The van der Waals surface area contributed by atoms with E-state index < -0.39 is 19.4 Å². The Morgan fingerprint density at radius 1 is 1.31 bits per heavy atom. The number of nitrogens with two attached hydrogens (primary N) is 1. The molecule has 2 N–H and O–H groups in total. The molecule has 13 heavy (non-hydrogen) atoms. The van der Waals surface area contributed by atoms with Crippen LogP contribution in [0.25, 0.3) is 0 Å². The van der Waals surface area contributed by atoms with Crippen LogP contribution in [-0.2, 0) is 0 Å². The van der Waals surface area contributed by atoms with Crippen molar-refractivity contribution in [1.82, 2.24) is 4.90 Å². The Morgan fingerprint density at radius 2 is 1.85 bits per heavy atom. The molecule has 1 heterocycles. The summed E-state index contributed by atoms with van der Waals surface area (Å²) in [7, 11) is 0. The summed E-state index contributed by atoms with van der Waals surface area (Å²) in [6.07, 6.45) is 0.858. The normalized spacial score (nSPS) is 22.6. The Morgan fingerprint density at radius 3 is 2.15 bits per heavy atom. The molecule has 1 saturated heterocycles. The van der Waals surface area contributed by atoms with Gasteiger partial charge in [0, 0.05) is 19.1 Å². The first kappa shape index (κ1) is 15.8. The second-order valence-corrected chi connectivity index (χ2v) is 3.01. The van der Waals surface area contributed by atoms with E-state index in [0.29, 0.717) is 6.54 Å². The molecule has 0 saturated carbocycles. The molecule has 0 amide bonds. The largest absolute Gasteiger partial charge is 0.326 e. The second-order valence-electron chi connectivity index (χ2n) is 3.01. The van der Waals surface area contributed by atoms with Crippen LogP contribution in [0.5, 0.6) is 0 Å². The summed E-state index contributed by atoms with van der Waals surface area (Å²) in [4.78, 5) is 1.78. The second kappa shape index (κ2) is 7.74. The SMILES string of the molecule is Cl.Cl.N[C@@H]1CCN(C(CF)CF)C1. The van der Waals surface area contributed by atoms with Crippen LogP contribution < -0.4 is 5.73 Å². The van der Waals surface area contributed by atoms with Crippen LogP contribution in [0.4, 0.5) is 8.78 Å². The van der Waals surface area contributed by atoms with Gasteiger partial charge in [-0.3, -0.25) is 4.90 Å². The zero-order valence-corrected chi connectivity index (χ0v) is 8.92. The highest BCUT2D eigenvalue weighted by atomic mass is 35.5. The van der Waals surface area contributed by atoms with E-state index in [9.17, 15) is 8.78 Å². The smallest absolute Gasteiger partial charge is 0.107 e. The summed E-state index contributed by atoms with van der Waals surface area (Å²) >= 11 is 0.